The van der Waals surface area contributed by atoms with Crippen molar-refractivity contribution in [2.24, 2.45) is 0 Å². The van der Waals surface area contributed by atoms with Crippen LogP contribution in [0.15, 0.2) is 0 Å². The zero-order chi connectivity index (χ0) is 20.5. The Balaban J connectivity index is 2.98. The first-order valence-electron chi connectivity index (χ1n) is 9.99. The second-order valence-corrected chi connectivity index (χ2v) is 6.69. The van der Waals surface area contributed by atoms with Crippen molar-refractivity contribution < 1.29 is 37.9 Å². The van der Waals surface area contributed by atoms with Crippen molar-refractivity contribution in [1.29, 1.82) is 0 Å². The normalized spacial score (nSPS) is 11.6. The third-order valence-corrected chi connectivity index (χ3v) is 3.46. The lowest BCUT2D eigenvalue weighted by Crippen LogP contribution is -2.15. The minimum absolute atomic E-state index is 0.243. The number of rotatable bonds is 24. The van der Waals surface area contributed by atoms with E-state index in [1.807, 2.05) is 13.8 Å². The van der Waals surface area contributed by atoms with Crippen LogP contribution in [0.3, 0.4) is 0 Å². The number of alkyl halides is 1. The van der Waals surface area contributed by atoms with Gasteiger partial charge in [0.2, 0.25) is 0 Å². The number of halogens is 1. The summed E-state index contributed by atoms with van der Waals surface area (Å²) in [6.07, 6.45) is 0.243. The molecule has 0 rings (SSSR count). The molecule has 9 heteroatoms. The molecule has 0 aliphatic carbocycles. The summed E-state index contributed by atoms with van der Waals surface area (Å²) in [6, 6.07) is 0. The van der Waals surface area contributed by atoms with E-state index in [9.17, 15) is 0 Å². The van der Waals surface area contributed by atoms with Gasteiger partial charge in [-0.05, 0) is 13.8 Å². The van der Waals surface area contributed by atoms with Crippen LogP contribution < -0.4 is 0 Å². The highest BCUT2D eigenvalue weighted by Gasteiger charge is 1.95. The molecule has 0 atom stereocenters. The Kier molecular flexibility index (Phi) is 25.3. The highest BCUT2D eigenvalue weighted by molar-refractivity contribution is 9.09. The standard InChI is InChI=1S/C19H39BrO8/c1-19(2)28-18-17-27-16-15-26-14-13-25-12-11-24-10-9-23-8-7-22-6-5-21-4-3-20/h19H,3-18H2,1-2H3. The van der Waals surface area contributed by atoms with Crippen molar-refractivity contribution in [2.45, 2.75) is 20.0 Å². The summed E-state index contributed by atoms with van der Waals surface area (Å²) >= 11 is 3.29. The molecule has 0 aromatic heterocycles. The van der Waals surface area contributed by atoms with Gasteiger partial charge in [0.05, 0.1) is 105 Å². The number of ether oxygens (including phenoxy) is 8. The predicted octanol–water partition coefficient (Wildman–Crippen LogP) is 1.92. The molecule has 0 saturated carbocycles. The fourth-order valence-electron chi connectivity index (χ4n) is 1.82. The summed E-state index contributed by atoms with van der Waals surface area (Å²) in [5.41, 5.74) is 0. The van der Waals surface area contributed by atoms with Crippen LogP contribution in [0.25, 0.3) is 0 Å². The first kappa shape index (κ1) is 28.2. The zero-order valence-electron chi connectivity index (χ0n) is 17.5. The lowest BCUT2D eigenvalue weighted by atomic mass is 10.5. The largest absolute Gasteiger partial charge is 0.378 e. The van der Waals surface area contributed by atoms with Crippen LogP contribution in [0.2, 0.25) is 0 Å². The molecule has 0 amide bonds. The fourth-order valence-corrected chi connectivity index (χ4v) is 2.05. The monoisotopic (exact) mass is 474 g/mol. The Morgan fingerprint density at radius 3 is 0.929 bits per heavy atom. The molecule has 28 heavy (non-hydrogen) atoms. The van der Waals surface area contributed by atoms with Gasteiger partial charge in [-0.15, -0.1) is 0 Å². The van der Waals surface area contributed by atoms with Gasteiger partial charge in [0.25, 0.3) is 0 Å². The Morgan fingerprint density at radius 1 is 0.429 bits per heavy atom. The van der Waals surface area contributed by atoms with E-state index in [4.69, 9.17) is 37.9 Å². The molecule has 0 bridgehead atoms. The van der Waals surface area contributed by atoms with Crippen molar-refractivity contribution in [3.05, 3.63) is 0 Å². The third-order valence-electron chi connectivity index (χ3n) is 3.13. The lowest BCUT2D eigenvalue weighted by molar-refractivity contribution is -0.0253. The summed E-state index contributed by atoms with van der Waals surface area (Å²) in [4.78, 5) is 0. The Morgan fingerprint density at radius 2 is 0.679 bits per heavy atom. The zero-order valence-corrected chi connectivity index (χ0v) is 19.1. The molecular formula is C19H39BrO8. The molecule has 0 unspecified atom stereocenters. The maximum Gasteiger partial charge on any atom is 0.0703 e. The van der Waals surface area contributed by atoms with E-state index in [1.165, 1.54) is 0 Å². The van der Waals surface area contributed by atoms with E-state index in [0.717, 1.165) is 5.33 Å². The van der Waals surface area contributed by atoms with E-state index in [2.05, 4.69) is 15.9 Å². The topological polar surface area (TPSA) is 73.8 Å². The Labute approximate surface area is 178 Å². The summed E-state index contributed by atoms with van der Waals surface area (Å²) in [7, 11) is 0. The summed E-state index contributed by atoms with van der Waals surface area (Å²) in [5.74, 6) is 0. The smallest absolute Gasteiger partial charge is 0.0703 e. The molecule has 0 fully saturated rings. The SMILES string of the molecule is CC(C)OCCOCCOCCOCCOCCOCCOCCOCCBr. The molecular weight excluding hydrogens is 436 g/mol. The Bertz CT molecular complexity index is 285. The predicted molar refractivity (Wildman–Crippen MR) is 111 cm³/mol. The maximum absolute atomic E-state index is 5.42. The third kappa shape index (κ3) is 26.2. The molecule has 0 aromatic carbocycles. The average Bonchev–Trinajstić information content (AvgIpc) is 2.68. The van der Waals surface area contributed by atoms with Crippen molar-refractivity contribution in [2.75, 3.05) is 104 Å². The average molecular weight is 475 g/mol. The van der Waals surface area contributed by atoms with Crippen LogP contribution in [-0.2, 0) is 37.9 Å². The molecule has 0 N–H and O–H groups in total. The van der Waals surface area contributed by atoms with Crippen LogP contribution in [0.4, 0.5) is 0 Å². The summed E-state index contributed by atoms with van der Waals surface area (Å²) < 4.78 is 43.0. The number of hydrogen-bond donors (Lipinski definition) is 0. The van der Waals surface area contributed by atoms with E-state index in [-0.39, 0.29) is 6.10 Å². The molecule has 0 aromatic rings. The van der Waals surface area contributed by atoms with E-state index < -0.39 is 0 Å². The van der Waals surface area contributed by atoms with Crippen molar-refractivity contribution in [1.82, 2.24) is 0 Å². The number of hydrogen-bond acceptors (Lipinski definition) is 8. The summed E-state index contributed by atoms with van der Waals surface area (Å²) in [5, 5.41) is 0.847. The van der Waals surface area contributed by atoms with Gasteiger partial charge in [-0.3, -0.25) is 0 Å². The van der Waals surface area contributed by atoms with Gasteiger partial charge in [-0.25, -0.2) is 0 Å². The quantitative estimate of drug-likeness (QED) is 0.155. The second-order valence-electron chi connectivity index (χ2n) is 5.90. The minimum atomic E-state index is 0.243. The van der Waals surface area contributed by atoms with Gasteiger partial charge >= 0.3 is 0 Å². The minimum Gasteiger partial charge on any atom is -0.378 e. The van der Waals surface area contributed by atoms with Gasteiger partial charge in [0, 0.05) is 5.33 Å². The van der Waals surface area contributed by atoms with Gasteiger partial charge in [0.1, 0.15) is 0 Å². The fraction of sp³-hybridized carbons (Fsp3) is 1.00. The molecule has 170 valence electrons. The van der Waals surface area contributed by atoms with Gasteiger partial charge in [-0.1, -0.05) is 15.9 Å². The van der Waals surface area contributed by atoms with Gasteiger partial charge in [0.15, 0.2) is 0 Å². The highest BCUT2D eigenvalue weighted by Crippen LogP contribution is 1.88. The van der Waals surface area contributed by atoms with Crippen LogP contribution in [0, 0.1) is 0 Å². The second kappa shape index (κ2) is 25.2. The van der Waals surface area contributed by atoms with Gasteiger partial charge in [-0.2, -0.15) is 0 Å². The van der Waals surface area contributed by atoms with Crippen LogP contribution >= 0.6 is 15.9 Å². The van der Waals surface area contributed by atoms with Gasteiger partial charge < -0.3 is 37.9 Å². The van der Waals surface area contributed by atoms with Crippen molar-refractivity contribution >= 4 is 15.9 Å². The van der Waals surface area contributed by atoms with Crippen LogP contribution in [-0.4, -0.2) is 111 Å². The Hall–Kier alpha value is 0.160. The molecule has 8 nitrogen and oxygen atoms in total. The first-order chi connectivity index (χ1) is 13.8. The maximum atomic E-state index is 5.42. The lowest BCUT2D eigenvalue weighted by Gasteiger charge is -2.09. The molecule has 0 aliphatic heterocycles. The van der Waals surface area contributed by atoms with Crippen molar-refractivity contribution in [3.63, 3.8) is 0 Å². The molecule has 0 radical (unpaired) electrons. The summed E-state index contributed by atoms with van der Waals surface area (Å²) in [6.45, 7) is 12.7. The van der Waals surface area contributed by atoms with E-state index in [1.54, 1.807) is 0 Å². The first-order valence-corrected chi connectivity index (χ1v) is 11.1. The van der Waals surface area contributed by atoms with E-state index >= 15 is 0 Å². The van der Waals surface area contributed by atoms with E-state index in [0.29, 0.717) is 99.1 Å². The molecule has 0 heterocycles. The molecule has 0 spiro atoms. The van der Waals surface area contributed by atoms with Crippen LogP contribution in [0.5, 0.6) is 0 Å². The van der Waals surface area contributed by atoms with Crippen LogP contribution in [0.1, 0.15) is 13.8 Å². The molecule has 0 saturated heterocycles. The van der Waals surface area contributed by atoms with Crippen molar-refractivity contribution in [3.8, 4) is 0 Å². The molecule has 0 aliphatic rings. The highest BCUT2D eigenvalue weighted by atomic mass is 79.9.